The summed E-state index contributed by atoms with van der Waals surface area (Å²) in [7, 11) is 0. The number of hydrogen-bond acceptors (Lipinski definition) is 3. The first kappa shape index (κ1) is 19.3. The van der Waals surface area contributed by atoms with E-state index < -0.39 is 5.97 Å². The lowest BCUT2D eigenvalue weighted by atomic mass is 10.2. The number of carbonyl (C=O) groups is 2. The van der Waals surface area contributed by atoms with E-state index in [2.05, 4.69) is 9.88 Å². The normalized spacial score (nSPS) is 13.3. The molecule has 27 heavy (non-hydrogen) atoms. The smallest absolute Gasteiger partial charge is 0.325 e. The Bertz CT molecular complexity index is 801. The van der Waals surface area contributed by atoms with Crippen LogP contribution < -0.4 is 5.32 Å². The van der Waals surface area contributed by atoms with E-state index in [1.165, 1.54) is 0 Å². The number of hydrogen-bond donors (Lipinski definition) is 1. The second-order valence-electron chi connectivity index (χ2n) is 6.54. The molecule has 1 saturated carbocycles. The number of carbonyl (C=O) groups excluding carboxylic acids is 2. The van der Waals surface area contributed by atoms with Crippen LogP contribution in [0.5, 0.6) is 0 Å². The third kappa shape index (κ3) is 5.26. The van der Waals surface area contributed by atoms with Gasteiger partial charge in [0.05, 0.1) is 13.2 Å². The molecule has 0 saturated heterocycles. The first-order chi connectivity index (χ1) is 13.1. The van der Waals surface area contributed by atoms with Gasteiger partial charge in [-0.2, -0.15) is 0 Å². The molecule has 1 heterocycles. The number of urea groups is 1. The van der Waals surface area contributed by atoms with Crippen LogP contribution in [0.3, 0.4) is 0 Å². The Morgan fingerprint density at radius 3 is 2.74 bits per heavy atom. The average molecular weight is 390 g/mol. The van der Waals surface area contributed by atoms with Gasteiger partial charge in [0.25, 0.3) is 0 Å². The maximum Gasteiger partial charge on any atom is 0.325 e. The van der Waals surface area contributed by atoms with Gasteiger partial charge >= 0.3 is 12.0 Å². The molecule has 7 heteroatoms. The number of aromatic nitrogens is 1. The number of rotatable bonds is 8. The summed E-state index contributed by atoms with van der Waals surface area (Å²) in [5.74, 6) is -0.427. The molecule has 0 aliphatic heterocycles. The molecule has 0 radical (unpaired) electrons. The molecule has 0 spiro atoms. The van der Waals surface area contributed by atoms with E-state index in [4.69, 9.17) is 16.3 Å². The molecular weight excluding hydrogens is 366 g/mol. The molecule has 1 aromatic heterocycles. The molecule has 2 aromatic rings. The Labute approximate surface area is 164 Å². The molecule has 1 aromatic carbocycles. The quantitative estimate of drug-likeness (QED) is 0.703. The molecule has 2 amide bonds. The largest absolute Gasteiger partial charge is 0.465 e. The van der Waals surface area contributed by atoms with Crippen LogP contribution in [0.4, 0.5) is 4.79 Å². The molecule has 0 bridgehead atoms. The molecule has 1 aliphatic rings. The SMILES string of the molecule is CCOC(=O)CNC(=O)N(Cc1cccn1Cc1ccccc1Cl)C1CC1. The second kappa shape index (κ2) is 8.95. The monoisotopic (exact) mass is 389 g/mol. The molecule has 1 N–H and O–H groups in total. The zero-order valence-electron chi connectivity index (χ0n) is 15.4. The van der Waals surface area contributed by atoms with E-state index in [0.29, 0.717) is 19.7 Å². The van der Waals surface area contributed by atoms with Crippen LogP contribution in [0.25, 0.3) is 0 Å². The summed E-state index contributed by atoms with van der Waals surface area (Å²) < 4.78 is 6.95. The Balaban J connectivity index is 1.66. The highest BCUT2D eigenvalue weighted by Gasteiger charge is 2.33. The first-order valence-corrected chi connectivity index (χ1v) is 9.53. The van der Waals surface area contributed by atoms with E-state index in [1.807, 2.05) is 42.6 Å². The van der Waals surface area contributed by atoms with Gasteiger partial charge in [-0.15, -0.1) is 0 Å². The van der Waals surface area contributed by atoms with Gasteiger partial charge in [0.15, 0.2) is 0 Å². The summed E-state index contributed by atoms with van der Waals surface area (Å²) >= 11 is 6.28. The Kier molecular flexibility index (Phi) is 6.40. The minimum absolute atomic E-state index is 0.115. The standard InChI is InChI=1S/C20H24ClN3O3/c1-2-27-19(25)12-22-20(26)24(16-9-10-16)14-17-7-5-11-23(17)13-15-6-3-4-8-18(15)21/h3-8,11,16H,2,9-10,12-14H2,1H3,(H,22,26). The van der Waals surface area contributed by atoms with Crippen molar-refractivity contribution in [2.24, 2.45) is 0 Å². The molecule has 1 fully saturated rings. The number of ether oxygens (including phenoxy) is 1. The third-order valence-corrected chi connectivity index (χ3v) is 4.86. The van der Waals surface area contributed by atoms with Crippen molar-refractivity contribution in [1.29, 1.82) is 0 Å². The van der Waals surface area contributed by atoms with Crippen LogP contribution in [-0.2, 0) is 22.6 Å². The maximum absolute atomic E-state index is 12.6. The number of amides is 2. The molecule has 3 rings (SSSR count). The molecular formula is C20H24ClN3O3. The number of halogens is 1. The number of esters is 1. The second-order valence-corrected chi connectivity index (χ2v) is 6.95. The summed E-state index contributed by atoms with van der Waals surface area (Å²) in [6, 6.07) is 11.7. The lowest BCUT2D eigenvalue weighted by molar-refractivity contribution is -0.141. The number of nitrogens with zero attached hydrogens (tertiary/aromatic N) is 2. The van der Waals surface area contributed by atoms with Gasteiger partial charge in [-0.3, -0.25) is 4.79 Å². The van der Waals surface area contributed by atoms with E-state index in [1.54, 1.807) is 11.8 Å². The van der Waals surface area contributed by atoms with Gasteiger partial charge in [-0.05, 0) is 43.5 Å². The molecule has 0 unspecified atom stereocenters. The lowest BCUT2D eigenvalue weighted by Gasteiger charge is -2.23. The predicted molar refractivity (Wildman–Crippen MR) is 104 cm³/mol. The highest BCUT2D eigenvalue weighted by atomic mass is 35.5. The Morgan fingerprint density at radius 2 is 2.04 bits per heavy atom. The van der Waals surface area contributed by atoms with Crippen molar-refractivity contribution < 1.29 is 14.3 Å². The fourth-order valence-electron chi connectivity index (χ4n) is 2.95. The van der Waals surface area contributed by atoms with Gasteiger partial charge in [-0.25, -0.2) is 4.79 Å². The van der Waals surface area contributed by atoms with E-state index >= 15 is 0 Å². The number of benzene rings is 1. The Morgan fingerprint density at radius 1 is 1.26 bits per heavy atom. The van der Waals surface area contributed by atoms with Crippen molar-refractivity contribution in [1.82, 2.24) is 14.8 Å². The predicted octanol–water partition coefficient (Wildman–Crippen LogP) is 3.43. The number of nitrogens with one attached hydrogen (secondary N) is 1. The Hall–Kier alpha value is -2.47. The third-order valence-electron chi connectivity index (χ3n) is 4.49. The first-order valence-electron chi connectivity index (χ1n) is 9.16. The van der Waals surface area contributed by atoms with Crippen LogP contribution in [0, 0.1) is 0 Å². The van der Waals surface area contributed by atoms with Crippen LogP contribution in [-0.4, -0.2) is 40.7 Å². The zero-order chi connectivity index (χ0) is 19.2. The van der Waals surface area contributed by atoms with Crippen LogP contribution in [0.15, 0.2) is 42.6 Å². The van der Waals surface area contributed by atoms with Gasteiger partial charge in [0.2, 0.25) is 0 Å². The average Bonchev–Trinajstić information content (AvgIpc) is 3.40. The van der Waals surface area contributed by atoms with E-state index in [9.17, 15) is 9.59 Å². The van der Waals surface area contributed by atoms with Crippen LogP contribution in [0.2, 0.25) is 5.02 Å². The molecule has 1 aliphatic carbocycles. The summed E-state index contributed by atoms with van der Waals surface area (Å²) in [6.07, 6.45) is 3.95. The summed E-state index contributed by atoms with van der Waals surface area (Å²) in [5.41, 5.74) is 2.05. The zero-order valence-corrected chi connectivity index (χ0v) is 16.1. The highest BCUT2D eigenvalue weighted by molar-refractivity contribution is 6.31. The van der Waals surface area contributed by atoms with Gasteiger partial charge in [-0.1, -0.05) is 29.8 Å². The van der Waals surface area contributed by atoms with E-state index in [0.717, 1.165) is 29.1 Å². The minimum atomic E-state index is -0.427. The lowest BCUT2D eigenvalue weighted by Crippen LogP contribution is -2.43. The van der Waals surface area contributed by atoms with Crippen molar-refractivity contribution in [3.63, 3.8) is 0 Å². The fraction of sp³-hybridized carbons (Fsp3) is 0.400. The minimum Gasteiger partial charge on any atom is -0.465 e. The maximum atomic E-state index is 12.6. The fourth-order valence-corrected chi connectivity index (χ4v) is 3.14. The van der Waals surface area contributed by atoms with Crippen molar-refractivity contribution in [3.8, 4) is 0 Å². The molecule has 0 atom stereocenters. The van der Waals surface area contributed by atoms with Gasteiger partial charge < -0.3 is 19.5 Å². The van der Waals surface area contributed by atoms with Crippen molar-refractivity contribution in [2.45, 2.75) is 38.9 Å². The van der Waals surface area contributed by atoms with Gasteiger partial charge in [0, 0.05) is 29.5 Å². The highest BCUT2D eigenvalue weighted by Crippen LogP contribution is 2.28. The summed E-state index contributed by atoms with van der Waals surface area (Å²) in [5, 5.41) is 3.39. The van der Waals surface area contributed by atoms with Crippen LogP contribution in [0.1, 0.15) is 31.0 Å². The van der Waals surface area contributed by atoms with Gasteiger partial charge in [0.1, 0.15) is 6.54 Å². The molecule has 144 valence electrons. The van der Waals surface area contributed by atoms with Crippen molar-refractivity contribution in [3.05, 3.63) is 58.9 Å². The topological polar surface area (TPSA) is 63.6 Å². The summed E-state index contributed by atoms with van der Waals surface area (Å²) in [4.78, 5) is 25.8. The molecule has 6 nitrogen and oxygen atoms in total. The summed E-state index contributed by atoms with van der Waals surface area (Å²) in [6.45, 7) is 3.05. The van der Waals surface area contributed by atoms with Crippen molar-refractivity contribution in [2.75, 3.05) is 13.2 Å². The van der Waals surface area contributed by atoms with Crippen molar-refractivity contribution >= 4 is 23.6 Å². The van der Waals surface area contributed by atoms with Crippen LogP contribution >= 0.6 is 11.6 Å². The van der Waals surface area contributed by atoms with E-state index in [-0.39, 0.29) is 18.6 Å².